The number of benzene rings is 1. The normalized spacial score (nSPS) is 15.0. The van der Waals surface area contributed by atoms with Gasteiger partial charge in [0.25, 0.3) is 11.5 Å². The Bertz CT molecular complexity index is 986. The van der Waals surface area contributed by atoms with E-state index in [1.165, 1.54) is 12.1 Å². The molecular weight excluding hydrogens is 338 g/mol. The lowest BCUT2D eigenvalue weighted by Gasteiger charge is -2.24. The molecule has 1 unspecified atom stereocenters. The Morgan fingerprint density at radius 1 is 1.35 bits per heavy atom. The lowest BCUT2D eigenvalue weighted by molar-refractivity contribution is -0.141. The summed E-state index contributed by atoms with van der Waals surface area (Å²) in [7, 11) is 0. The van der Waals surface area contributed by atoms with Crippen LogP contribution >= 0.6 is 0 Å². The first-order valence-corrected chi connectivity index (χ1v) is 8.64. The number of H-pyrrole nitrogens is 1. The summed E-state index contributed by atoms with van der Waals surface area (Å²) in [4.78, 5) is 52.5. The Hall–Kier alpha value is -2.90. The van der Waals surface area contributed by atoms with E-state index in [-0.39, 0.29) is 25.0 Å². The first-order valence-electron chi connectivity index (χ1n) is 8.64. The zero-order valence-corrected chi connectivity index (χ0v) is 14.7. The van der Waals surface area contributed by atoms with Crippen LogP contribution in [-0.4, -0.2) is 44.0 Å². The van der Waals surface area contributed by atoms with Gasteiger partial charge in [-0.1, -0.05) is 6.92 Å². The average Bonchev–Trinajstić information content (AvgIpc) is 3.43. The number of amides is 1. The van der Waals surface area contributed by atoms with E-state index >= 15 is 0 Å². The lowest BCUT2D eigenvalue weighted by atomic mass is 10.1. The first kappa shape index (κ1) is 17.9. The summed E-state index contributed by atoms with van der Waals surface area (Å²) in [6.07, 6.45) is 1.70. The fourth-order valence-corrected chi connectivity index (χ4v) is 3.00. The Morgan fingerprint density at radius 3 is 2.62 bits per heavy atom. The van der Waals surface area contributed by atoms with E-state index in [9.17, 15) is 19.2 Å². The third kappa shape index (κ3) is 3.26. The van der Waals surface area contributed by atoms with Crippen molar-refractivity contribution >= 4 is 22.8 Å². The Balaban J connectivity index is 1.98. The highest BCUT2D eigenvalue weighted by molar-refractivity contribution is 5.98. The first-order chi connectivity index (χ1) is 12.3. The second kappa shape index (κ2) is 6.78. The number of rotatable bonds is 6. The maximum Gasteiger partial charge on any atom is 0.328 e. The fourth-order valence-electron chi connectivity index (χ4n) is 3.00. The van der Waals surface area contributed by atoms with Crippen LogP contribution in [0.4, 0.5) is 0 Å². The molecule has 0 saturated heterocycles. The van der Waals surface area contributed by atoms with Crippen molar-refractivity contribution in [1.29, 1.82) is 0 Å². The molecule has 0 spiro atoms. The highest BCUT2D eigenvalue weighted by Crippen LogP contribution is 2.29. The van der Waals surface area contributed by atoms with Gasteiger partial charge in [-0.15, -0.1) is 0 Å². The van der Waals surface area contributed by atoms with Gasteiger partial charge in [-0.3, -0.25) is 19.0 Å². The Morgan fingerprint density at radius 2 is 2.04 bits per heavy atom. The molecule has 1 fully saturated rings. The van der Waals surface area contributed by atoms with Crippen molar-refractivity contribution in [3.63, 3.8) is 0 Å². The number of aliphatic carboxylic acids is 1. The van der Waals surface area contributed by atoms with Gasteiger partial charge in [-0.05, 0) is 38.0 Å². The van der Waals surface area contributed by atoms with Crippen LogP contribution in [0.1, 0.15) is 37.0 Å². The number of aromatic nitrogens is 2. The van der Waals surface area contributed by atoms with Crippen LogP contribution in [-0.2, 0) is 11.3 Å². The smallest absolute Gasteiger partial charge is 0.328 e. The van der Waals surface area contributed by atoms with E-state index in [0.29, 0.717) is 16.5 Å². The van der Waals surface area contributed by atoms with Crippen LogP contribution in [0.3, 0.4) is 0 Å². The molecule has 0 bridgehead atoms. The third-order valence-corrected chi connectivity index (χ3v) is 4.69. The molecule has 1 saturated carbocycles. The third-order valence-electron chi connectivity index (χ3n) is 4.69. The SMILES string of the molecule is CCn1c(=O)[nH]c2cc(C(=O)N(CC(C)C(=O)O)C3CC3)ccc2c1=O. The number of carbonyl (C=O) groups excluding carboxylic acids is 1. The summed E-state index contributed by atoms with van der Waals surface area (Å²) < 4.78 is 1.09. The minimum atomic E-state index is -0.952. The summed E-state index contributed by atoms with van der Waals surface area (Å²) in [5, 5.41) is 9.46. The number of carbonyl (C=O) groups is 2. The number of carboxylic acids is 1. The number of nitrogens with zero attached hydrogens (tertiary/aromatic N) is 2. The molecule has 2 aromatic rings. The van der Waals surface area contributed by atoms with Crippen molar-refractivity contribution in [1.82, 2.24) is 14.5 Å². The molecule has 8 heteroatoms. The van der Waals surface area contributed by atoms with Gasteiger partial charge < -0.3 is 15.0 Å². The van der Waals surface area contributed by atoms with E-state index in [1.807, 2.05) is 0 Å². The lowest BCUT2D eigenvalue weighted by Crippen LogP contribution is -2.38. The van der Waals surface area contributed by atoms with E-state index in [1.54, 1.807) is 24.8 Å². The standard InChI is InChI=1S/C18H21N3O5/c1-3-20-16(23)13-7-4-11(8-14(13)19-18(20)26)15(22)21(12-5-6-12)9-10(2)17(24)25/h4,7-8,10,12H,3,5-6,9H2,1-2H3,(H,19,26)(H,24,25). The van der Waals surface area contributed by atoms with E-state index < -0.39 is 23.1 Å². The molecule has 1 aliphatic carbocycles. The molecule has 138 valence electrons. The molecule has 1 heterocycles. The second-order valence-corrected chi connectivity index (χ2v) is 6.67. The van der Waals surface area contributed by atoms with Crippen LogP contribution in [0.5, 0.6) is 0 Å². The number of carboxylic acid groups (broad SMARTS) is 1. The summed E-state index contributed by atoms with van der Waals surface area (Å²) in [5.74, 6) is -1.91. The van der Waals surface area contributed by atoms with Gasteiger partial charge >= 0.3 is 11.7 Å². The molecule has 1 aliphatic rings. The molecule has 26 heavy (non-hydrogen) atoms. The number of hydrogen-bond donors (Lipinski definition) is 2. The number of hydrogen-bond acceptors (Lipinski definition) is 4. The molecule has 1 aromatic carbocycles. The number of aromatic amines is 1. The van der Waals surface area contributed by atoms with Gasteiger partial charge in [0.05, 0.1) is 16.8 Å². The van der Waals surface area contributed by atoms with Crippen molar-refractivity contribution in [2.24, 2.45) is 5.92 Å². The summed E-state index contributed by atoms with van der Waals surface area (Å²) in [6.45, 7) is 3.66. The Kier molecular flexibility index (Phi) is 4.67. The highest BCUT2D eigenvalue weighted by atomic mass is 16.4. The van der Waals surface area contributed by atoms with Gasteiger partial charge in [0, 0.05) is 24.7 Å². The zero-order chi connectivity index (χ0) is 19.0. The van der Waals surface area contributed by atoms with Crippen molar-refractivity contribution in [3.8, 4) is 0 Å². The monoisotopic (exact) mass is 359 g/mol. The topological polar surface area (TPSA) is 112 Å². The van der Waals surface area contributed by atoms with Crippen molar-refractivity contribution in [3.05, 3.63) is 44.6 Å². The number of nitrogens with one attached hydrogen (secondary N) is 1. The molecule has 1 aromatic heterocycles. The summed E-state index contributed by atoms with van der Waals surface area (Å²) >= 11 is 0. The van der Waals surface area contributed by atoms with Gasteiger partial charge in [-0.25, -0.2) is 4.79 Å². The van der Waals surface area contributed by atoms with Gasteiger partial charge in [-0.2, -0.15) is 0 Å². The molecule has 1 atom stereocenters. The van der Waals surface area contributed by atoms with Crippen LogP contribution in [0.15, 0.2) is 27.8 Å². The quantitative estimate of drug-likeness (QED) is 0.800. The maximum atomic E-state index is 12.9. The fraction of sp³-hybridized carbons (Fsp3) is 0.444. The van der Waals surface area contributed by atoms with Crippen LogP contribution in [0, 0.1) is 5.92 Å². The molecular formula is C18H21N3O5. The van der Waals surface area contributed by atoms with Gasteiger partial charge in [0.2, 0.25) is 0 Å². The van der Waals surface area contributed by atoms with E-state index in [0.717, 1.165) is 17.4 Å². The van der Waals surface area contributed by atoms with Crippen molar-refractivity contribution in [2.45, 2.75) is 39.3 Å². The highest BCUT2D eigenvalue weighted by Gasteiger charge is 2.35. The molecule has 2 N–H and O–H groups in total. The average molecular weight is 359 g/mol. The zero-order valence-electron chi connectivity index (χ0n) is 14.7. The van der Waals surface area contributed by atoms with Gasteiger partial charge in [0.15, 0.2) is 0 Å². The largest absolute Gasteiger partial charge is 0.481 e. The van der Waals surface area contributed by atoms with E-state index in [4.69, 9.17) is 5.11 Å². The van der Waals surface area contributed by atoms with Crippen LogP contribution in [0.25, 0.3) is 10.9 Å². The molecule has 3 rings (SSSR count). The maximum absolute atomic E-state index is 12.9. The summed E-state index contributed by atoms with van der Waals surface area (Å²) in [5.41, 5.74) is -0.291. The molecule has 8 nitrogen and oxygen atoms in total. The van der Waals surface area contributed by atoms with Gasteiger partial charge in [0.1, 0.15) is 0 Å². The predicted octanol–water partition coefficient (Wildman–Crippen LogP) is 1.03. The van der Waals surface area contributed by atoms with Crippen molar-refractivity contribution < 1.29 is 14.7 Å². The van der Waals surface area contributed by atoms with E-state index in [2.05, 4.69) is 4.98 Å². The minimum absolute atomic E-state index is 0.0483. The number of fused-ring (bicyclic) bond motifs is 1. The van der Waals surface area contributed by atoms with Crippen LogP contribution < -0.4 is 11.2 Å². The minimum Gasteiger partial charge on any atom is -0.481 e. The molecule has 0 radical (unpaired) electrons. The molecule has 0 aliphatic heterocycles. The second-order valence-electron chi connectivity index (χ2n) is 6.67. The summed E-state index contributed by atoms with van der Waals surface area (Å²) in [6, 6.07) is 4.61. The predicted molar refractivity (Wildman–Crippen MR) is 95.4 cm³/mol. The molecule has 1 amide bonds. The van der Waals surface area contributed by atoms with Crippen LogP contribution in [0.2, 0.25) is 0 Å². The Labute approximate surface area is 149 Å². The van der Waals surface area contributed by atoms with Crippen molar-refractivity contribution in [2.75, 3.05) is 6.54 Å².